The highest BCUT2D eigenvalue weighted by atomic mass is 35.5. The molecule has 1 atom stereocenters. The molecule has 1 amide bonds. The van der Waals surface area contributed by atoms with Crippen molar-refractivity contribution in [3.8, 4) is 0 Å². The summed E-state index contributed by atoms with van der Waals surface area (Å²) in [5, 5.41) is 2.57. The normalized spacial score (nSPS) is 21.9. The van der Waals surface area contributed by atoms with Crippen LogP contribution in [0, 0.1) is 0 Å². The fourth-order valence-electron chi connectivity index (χ4n) is 2.27. The minimum Gasteiger partial charge on any atom is -0.369 e. The van der Waals surface area contributed by atoms with Crippen LogP contribution in [0.25, 0.3) is 0 Å². The lowest BCUT2D eigenvalue weighted by molar-refractivity contribution is -0.118. The molecule has 0 radical (unpaired) electrons. The molecule has 0 aromatic carbocycles. The molecule has 1 saturated heterocycles. The van der Waals surface area contributed by atoms with Gasteiger partial charge in [0.05, 0.1) is 11.7 Å². The van der Waals surface area contributed by atoms with Crippen molar-refractivity contribution < 1.29 is 9.53 Å². The number of nitrogens with two attached hydrogens (primary N) is 1. The van der Waals surface area contributed by atoms with Gasteiger partial charge in [0.2, 0.25) is 0 Å². The fraction of sp³-hybridized carbons (Fsp3) is 0.667. The molecule has 2 rings (SSSR count). The van der Waals surface area contributed by atoms with E-state index in [9.17, 15) is 4.79 Å². The van der Waals surface area contributed by atoms with Crippen molar-refractivity contribution in [3.05, 3.63) is 16.1 Å². The van der Waals surface area contributed by atoms with Crippen molar-refractivity contribution in [2.75, 3.05) is 13.1 Å². The number of hydrogen-bond acceptors (Lipinski definition) is 5. The molecule has 2 heterocycles. The number of carbonyl (C=O) groups is 1. The molecule has 0 spiro atoms. The van der Waals surface area contributed by atoms with Crippen LogP contribution in [0.15, 0.2) is 5.38 Å². The third-order valence-electron chi connectivity index (χ3n) is 2.80. The average Bonchev–Trinajstić information content (AvgIpc) is 2.73. The topological polar surface area (TPSA) is 68.5 Å². The zero-order valence-electron chi connectivity index (χ0n) is 11.4. The standard InChI is InChI=1S/C12H19N3O2S.ClH/c1-8-5-15(7-12(2,3)17-8)11(16)9-6-18-10(4-13)14-9;/h6,8H,4-5,7,13H2,1-3H3;1H. The van der Waals surface area contributed by atoms with Gasteiger partial charge in [-0.3, -0.25) is 4.79 Å². The summed E-state index contributed by atoms with van der Waals surface area (Å²) in [7, 11) is 0. The average molecular weight is 306 g/mol. The second-order valence-corrected chi connectivity index (χ2v) is 6.15. The van der Waals surface area contributed by atoms with Gasteiger partial charge in [0.1, 0.15) is 10.7 Å². The maximum absolute atomic E-state index is 12.3. The Morgan fingerprint density at radius 1 is 1.68 bits per heavy atom. The molecule has 0 saturated carbocycles. The summed E-state index contributed by atoms with van der Waals surface area (Å²) in [4.78, 5) is 18.4. The van der Waals surface area contributed by atoms with Crippen LogP contribution in [0.4, 0.5) is 0 Å². The van der Waals surface area contributed by atoms with Crippen molar-refractivity contribution in [1.29, 1.82) is 0 Å². The minimum absolute atomic E-state index is 0. The molecular formula is C12H20ClN3O2S. The number of morpholine rings is 1. The Bertz CT molecular complexity index is 450. The predicted octanol–water partition coefficient (Wildman–Crippen LogP) is 1.66. The highest BCUT2D eigenvalue weighted by Crippen LogP contribution is 2.22. The van der Waals surface area contributed by atoms with E-state index in [2.05, 4.69) is 4.98 Å². The number of ether oxygens (including phenoxy) is 1. The summed E-state index contributed by atoms with van der Waals surface area (Å²) in [6.07, 6.45) is 0.0466. The zero-order valence-corrected chi connectivity index (χ0v) is 13.0. The molecule has 19 heavy (non-hydrogen) atoms. The van der Waals surface area contributed by atoms with E-state index < -0.39 is 0 Å². The molecule has 1 aromatic rings. The Labute approximate surface area is 123 Å². The molecule has 1 aromatic heterocycles. The highest BCUT2D eigenvalue weighted by Gasteiger charge is 2.34. The lowest BCUT2D eigenvalue weighted by Gasteiger charge is -2.41. The van der Waals surface area contributed by atoms with E-state index in [1.165, 1.54) is 11.3 Å². The first kappa shape index (κ1) is 16.4. The second-order valence-electron chi connectivity index (χ2n) is 5.20. The molecule has 0 aliphatic carbocycles. The molecule has 5 nitrogen and oxygen atoms in total. The van der Waals surface area contributed by atoms with Crippen LogP contribution >= 0.6 is 23.7 Å². The number of carbonyl (C=O) groups excluding carboxylic acids is 1. The van der Waals surface area contributed by atoms with Gasteiger partial charge in [0, 0.05) is 25.0 Å². The third-order valence-corrected chi connectivity index (χ3v) is 3.67. The first-order chi connectivity index (χ1) is 8.41. The van der Waals surface area contributed by atoms with Crippen LogP contribution in [0.2, 0.25) is 0 Å². The van der Waals surface area contributed by atoms with Gasteiger partial charge in [-0.05, 0) is 20.8 Å². The lowest BCUT2D eigenvalue weighted by Crippen LogP contribution is -2.53. The smallest absolute Gasteiger partial charge is 0.273 e. The summed E-state index contributed by atoms with van der Waals surface area (Å²) >= 11 is 1.43. The summed E-state index contributed by atoms with van der Waals surface area (Å²) in [5.74, 6) is -0.0332. The van der Waals surface area contributed by atoms with E-state index in [0.717, 1.165) is 5.01 Å². The molecule has 0 bridgehead atoms. The van der Waals surface area contributed by atoms with Crippen molar-refractivity contribution >= 4 is 29.7 Å². The van der Waals surface area contributed by atoms with Crippen molar-refractivity contribution in [3.63, 3.8) is 0 Å². The molecule has 2 N–H and O–H groups in total. The number of hydrogen-bond donors (Lipinski definition) is 1. The Balaban J connectivity index is 0.00000180. The van der Waals surface area contributed by atoms with Crippen LogP contribution in [0.3, 0.4) is 0 Å². The molecule has 1 unspecified atom stereocenters. The number of halogens is 1. The Morgan fingerprint density at radius 3 is 2.89 bits per heavy atom. The Kier molecular flexibility index (Phi) is 5.32. The van der Waals surface area contributed by atoms with E-state index >= 15 is 0 Å². The van der Waals surface area contributed by atoms with Gasteiger partial charge in [-0.2, -0.15) is 0 Å². The Hall–Kier alpha value is -0.690. The van der Waals surface area contributed by atoms with E-state index in [4.69, 9.17) is 10.5 Å². The van der Waals surface area contributed by atoms with Gasteiger partial charge in [0.15, 0.2) is 0 Å². The number of amides is 1. The van der Waals surface area contributed by atoms with Crippen molar-refractivity contribution in [2.45, 2.75) is 39.0 Å². The lowest BCUT2D eigenvalue weighted by atomic mass is 10.1. The summed E-state index contributed by atoms with van der Waals surface area (Å²) in [6, 6.07) is 0. The summed E-state index contributed by atoms with van der Waals surface area (Å²) in [6.45, 7) is 7.55. The van der Waals surface area contributed by atoms with Gasteiger partial charge < -0.3 is 15.4 Å². The maximum Gasteiger partial charge on any atom is 0.273 e. The van der Waals surface area contributed by atoms with Gasteiger partial charge in [-0.1, -0.05) is 0 Å². The zero-order chi connectivity index (χ0) is 13.3. The maximum atomic E-state index is 12.3. The highest BCUT2D eigenvalue weighted by molar-refractivity contribution is 7.09. The fourth-order valence-corrected chi connectivity index (χ4v) is 2.92. The summed E-state index contributed by atoms with van der Waals surface area (Å²) < 4.78 is 5.78. The SMILES string of the molecule is CC1CN(C(=O)c2csc(CN)n2)CC(C)(C)O1.Cl. The van der Waals surface area contributed by atoms with Crippen LogP contribution in [0.5, 0.6) is 0 Å². The van der Waals surface area contributed by atoms with E-state index in [0.29, 0.717) is 25.3 Å². The van der Waals surface area contributed by atoms with Crippen molar-refractivity contribution in [1.82, 2.24) is 9.88 Å². The third kappa shape index (κ3) is 3.89. The van der Waals surface area contributed by atoms with Gasteiger partial charge >= 0.3 is 0 Å². The monoisotopic (exact) mass is 305 g/mol. The van der Waals surface area contributed by atoms with Gasteiger partial charge in [0.25, 0.3) is 5.91 Å². The summed E-state index contributed by atoms with van der Waals surface area (Å²) in [5.41, 5.74) is 5.70. The predicted molar refractivity (Wildman–Crippen MR) is 77.8 cm³/mol. The van der Waals surface area contributed by atoms with Gasteiger partial charge in [-0.25, -0.2) is 4.98 Å². The molecule has 7 heteroatoms. The van der Waals surface area contributed by atoms with E-state index in [1.807, 2.05) is 25.7 Å². The number of aromatic nitrogens is 1. The van der Waals surface area contributed by atoms with Gasteiger partial charge in [-0.15, -0.1) is 23.7 Å². The molecular weight excluding hydrogens is 286 g/mol. The minimum atomic E-state index is -0.306. The van der Waals surface area contributed by atoms with Crippen LogP contribution in [0.1, 0.15) is 36.3 Å². The Morgan fingerprint density at radius 2 is 2.37 bits per heavy atom. The molecule has 108 valence electrons. The molecule has 1 aliphatic heterocycles. The molecule has 1 fully saturated rings. The second kappa shape index (κ2) is 6.17. The van der Waals surface area contributed by atoms with E-state index in [1.54, 1.807) is 5.38 Å². The van der Waals surface area contributed by atoms with E-state index in [-0.39, 0.29) is 30.0 Å². The van der Waals surface area contributed by atoms with Crippen molar-refractivity contribution in [2.24, 2.45) is 5.73 Å². The largest absolute Gasteiger partial charge is 0.369 e. The number of thiazole rings is 1. The van der Waals surface area contributed by atoms with Crippen LogP contribution in [-0.4, -0.2) is 40.6 Å². The number of nitrogens with zero attached hydrogens (tertiary/aromatic N) is 2. The quantitative estimate of drug-likeness (QED) is 0.902. The first-order valence-corrected chi connectivity index (χ1v) is 6.91. The number of rotatable bonds is 2. The van der Waals surface area contributed by atoms with Crippen LogP contribution < -0.4 is 5.73 Å². The molecule has 1 aliphatic rings. The first-order valence-electron chi connectivity index (χ1n) is 6.03. The van der Waals surface area contributed by atoms with Crippen LogP contribution in [-0.2, 0) is 11.3 Å².